The number of allylic oxidation sites excluding steroid dienone is 7. The molecule has 7 aliphatic rings. The van der Waals surface area contributed by atoms with Crippen LogP contribution in [0.3, 0.4) is 0 Å². The number of ketones is 7. The molecule has 0 atom stereocenters. The van der Waals surface area contributed by atoms with Crippen molar-refractivity contribution in [2.45, 2.75) is 362 Å². The summed E-state index contributed by atoms with van der Waals surface area (Å²) in [6, 6.07) is 10.2. The molecule has 0 fully saturated rings. The van der Waals surface area contributed by atoms with E-state index in [1.807, 2.05) is 164 Å². The maximum atomic E-state index is 14.0. The number of halogens is 16. The van der Waals surface area contributed by atoms with Crippen molar-refractivity contribution in [2.24, 2.45) is 37.9 Å². The summed E-state index contributed by atoms with van der Waals surface area (Å²) >= 11 is 6.82. The van der Waals surface area contributed by atoms with E-state index in [1.54, 1.807) is 38.4 Å². The Labute approximate surface area is 836 Å². The quantitative estimate of drug-likeness (QED) is 0.0497. The average Bonchev–Trinajstić information content (AvgIpc) is 0.756. The highest BCUT2D eigenvalue weighted by molar-refractivity contribution is 9.25. The van der Waals surface area contributed by atoms with Crippen LogP contribution in [0.5, 0.6) is 0 Å². The number of carbonyl (C=O) groups excluding carboxylic acids is 7. The topological polar surface area (TPSA) is 142 Å². The summed E-state index contributed by atoms with van der Waals surface area (Å²) in [4.78, 5) is 100. The summed E-state index contributed by atoms with van der Waals surface area (Å²) in [5.74, 6) is -18.1. The van der Waals surface area contributed by atoms with Gasteiger partial charge in [-0.2, -0.15) is 22.0 Å². The molecule has 7 heterocycles. The predicted octanol–water partition coefficient (Wildman–Crippen LogP) is 29.0. The lowest BCUT2D eigenvalue weighted by Crippen LogP contribution is -2.46. The number of Topliss-reactive ketones (excluding diaryl/α,β-unsaturated/α-hetero) is 7. The van der Waals surface area contributed by atoms with E-state index in [9.17, 15) is 95.0 Å². The molecule has 0 aromatic heterocycles. The molecule has 3 aromatic carbocycles. The molecule has 0 radical (unpaired) electrons. The van der Waals surface area contributed by atoms with Crippen LogP contribution in [0.4, 0.5) is 61.5 Å². The van der Waals surface area contributed by atoms with Gasteiger partial charge in [-0.3, -0.25) is 33.6 Å². The average molecular weight is 2100 g/mol. The zero-order chi connectivity index (χ0) is 108. The molecule has 782 valence electrons. The summed E-state index contributed by atoms with van der Waals surface area (Å²) in [7, 11) is 0. The second-order valence-electron chi connectivity index (χ2n) is 49.0. The van der Waals surface area contributed by atoms with Crippen LogP contribution < -0.4 is 0 Å². The number of rotatable bonds is 14. The Morgan fingerprint density at radius 2 is 0.525 bits per heavy atom. The van der Waals surface area contributed by atoms with E-state index in [0.29, 0.717) is 49.4 Å². The zero-order valence-corrected chi connectivity index (χ0v) is 92.6. The standard InChI is InChI=1S/C19H24F3NO.C18H20F5NO.C18H24FNO.C14H23Br2NO.C14H23F2NO.C13H21F2NO.C13H22FNO/c1-17(2,3)23-11-10-18(4,5)15(12-23)16(24)13-6-8-14(9-7-13)19(20,21)22;1-17(2,3)24-7-6-18(4,5)9(8-24)16(25)10-11(19)13(21)15(23)14(22)12(10)20;1-17(2,3)20-11-10-18(4,5)15(12-20)16(21)13-6-8-14(19)9-7-13;2*1-12(2,3)17-8-7-13(4,5)10(9-17)11(18)14(6,15)16;1-12(2,3)16-7-6-13(4,5)9(8-16)10(17)11(14)15;1-12(2,3)15-7-6-13(4,5)10(9-15)11(16)8-14/h6-9,12H,10-11H2,1-5H3;8H,6-7H2,1-5H3;6-9,12H,10-11H2,1-5H3;2*9H,7-8H2,1-6H3;8,11H,6-7H2,1-5H3;9H,6-8H2,1-5H3. The zero-order valence-electron chi connectivity index (χ0n) is 89.4. The SMILES string of the molecule is CC(Br)(Br)C(=O)C1=CN(C(C)(C)C)CCC1(C)C.CC(F)(F)C(=O)C1=CN(C(C)(C)C)CCC1(C)C.CC1(C)CCN(C(C)(C)C)C=C1C(=O)C(F)F.CC1(C)CCN(C(C)(C)C)C=C1C(=O)CF.CC1(C)CCN(C(C)(C)C)C=C1C(=O)c1c(F)c(F)c(F)c(F)c1F.CC1(C)CCN(C(C)(C)C)C=C1C(=O)c1ccc(C(F)(F)F)cc1.CC1(C)CCN(C(C)(C)C)C=C1C(=O)c1ccc(F)cc1. The van der Waals surface area contributed by atoms with Crippen LogP contribution in [0.15, 0.2) is 131 Å². The molecule has 3 aromatic rings. The van der Waals surface area contributed by atoms with Gasteiger partial charge in [0, 0.05) is 185 Å². The van der Waals surface area contributed by atoms with Crippen molar-refractivity contribution in [1.82, 2.24) is 34.3 Å². The normalized spacial score (nSPS) is 19.3. The number of alkyl halides is 10. The summed E-state index contributed by atoms with van der Waals surface area (Å²) < 4.78 is 183. The van der Waals surface area contributed by atoms with Gasteiger partial charge in [0.05, 0.1) is 5.56 Å². The lowest BCUT2D eigenvalue weighted by atomic mass is 9.75. The van der Waals surface area contributed by atoms with E-state index in [1.165, 1.54) is 30.5 Å². The van der Waals surface area contributed by atoms with Crippen molar-refractivity contribution in [2.75, 3.05) is 52.5 Å². The van der Waals surface area contributed by atoms with Crippen LogP contribution in [-0.2, 0) is 25.4 Å². The van der Waals surface area contributed by atoms with Crippen LogP contribution >= 0.6 is 31.9 Å². The fourth-order valence-electron chi connectivity index (χ4n) is 16.2. The summed E-state index contributed by atoms with van der Waals surface area (Å²) in [6.45, 7) is 77.9. The second kappa shape index (κ2) is 44.8. The highest BCUT2D eigenvalue weighted by Crippen LogP contribution is 2.48. The van der Waals surface area contributed by atoms with E-state index < -0.39 is 102 Å². The van der Waals surface area contributed by atoms with Crippen molar-refractivity contribution < 1.29 is 95.0 Å². The molecule has 0 amide bonds. The Kier molecular flexibility index (Phi) is 39.7. The fraction of sp³-hybridized carbons (Fsp3) is 0.642. The third kappa shape index (κ3) is 33.1. The van der Waals surface area contributed by atoms with Gasteiger partial charge in [-0.25, -0.2) is 39.5 Å². The van der Waals surface area contributed by atoms with Crippen LogP contribution in [0.1, 0.15) is 338 Å². The number of nitrogens with zero attached hydrogens (tertiary/aromatic N) is 7. The molecule has 10 rings (SSSR count). The highest BCUT2D eigenvalue weighted by Gasteiger charge is 2.48. The first-order valence-electron chi connectivity index (χ1n) is 47.5. The molecule has 0 unspecified atom stereocenters. The van der Waals surface area contributed by atoms with Gasteiger partial charge in [0.15, 0.2) is 58.9 Å². The third-order valence-corrected chi connectivity index (χ3v) is 27.6. The molecule has 0 aliphatic carbocycles. The summed E-state index contributed by atoms with van der Waals surface area (Å²) in [6.07, 6.45) is 10.7. The van der Waals surface area contributed by atoms with Gasteiger partial charge in [0.1, 0.15) is 14.6 Å². The number of hydrogen-bond acceptors (Lipinski definition) is 14. The molecular weight excluding hydrogens is 1950 g/mol. The monoisotopic (exact) mass is 2100 g/mol. The van der Waals surface area contributed by atoms with Gasteiger partial charge in [0.2, 0.25) is 17.4 Å². The van der Waals surface area contributed by atoms with Crippen LogP contribution in [0.2, 0.25) is 0 Å². The van der Waals surface area contributed by atoms with Gasteiger partial charge in [-0.15, -0.1) is 0 Å². The third-order valence-electron chi connectivity index (χ3n) is 26.9. The molecule has 30 heteroatoms. The van der Waals surface area contributed by atoms with Gasteiger partial charge in [-0.05, 0) is 272 Å². The molecule has 0 saturated heterocycles. The Morgan fingerprint density at radius 1 is 0.309 bits per heavy atom. The van der Waals surface area contributed by atoms with E-state index in [0.717, 1.165) is 88.2 Å². The van der Waals surface area contributed by atoms with E-state index >= 15 is 0 Å². The molecule has 0 saturated carbocycles. The Morgan fingerprint density at radius 3 is 0.770 bits per heavy atom. The van der Waals surface area contributed by atoms with E-state index in [-0.39, 0.29) is 112 Å². The summed E-state index contributed by atoms with van der Waals surface area (Å²) in [5.41, 5.74) is -1.08. The number of benzene rings is 3. The largest absolute Gasteiger partial charge is 0.416 e. The Balaban J connectivity index is 0.000000340. The minimum Gasteiger partial charge on any atom is -0.372 e. The van der Waals surface area contributed by atoms with Crippen molar-refractivity contribution in [1.29, 1.82) is 0 Å². The first-order valence-corrected chi connectivity index (χ1v) is 49.0. The fourth-order valence-corrected chi connectivity index (χ4v) is 16.6. The maximum Gasteiger partial charge on any atom is 0.416 e. The molecule has 0 bridgehead atoms. The number of hydrogen-bond donors (Lipinski definition) is 0. The van der Waals surface area contributed by atoms with Gasteiger partial charge in [-0.1, -0.05) is 141 Å². The minimum atomic E-state index is -4.39. The predicted molar refractivity (Wildman–Crippen MR) is 537 cm³/mol. The molecular formula is C109H157Br2F14N7O7. The van der Waals surface area contributed by atoms with Crippen LogP contribution in [0, 0.1) is 72.8 Å². The highest BCUT2D eigenvalue weighted by atomic mass is 79.9. The molecule has 14 nitrogen and oxygen atoms in total. The lowest BCUT2D eigenvalue weighted by Gasteiger charge is -2.44. The number of carbonyl (C=O) groups is 7. The van der Waals surface area contributed by atoms with E-state index in [2.05, 4.69) is 162 Å². The molecule has 7 aliphatic heterocycles. The van der Waals surface area contributed by atoms with Crippen molar-refractivity contribution >= 4 is 72.3 Å². The Bertz CT molecular complexity index is 5020. The first-order chi connectivity index (χ1) is 62.2. The van der Waals surface area contributed by atoms with Crippen molar-refractivity contribution in [3.63, 3.8) is 0 Å². The van der Waals surface area contributed by atoms with E-state index in [4.69, 9.17) is 0 Å². The Hall–Kier alpha value is -7.89. The van der Waals surface area contributed by atoms with Crippen molar-refractivity contribution in [3.8, 4) is 0 Å². The summed E-state index contributed by atoms with van der Waals surface area (Å²) in [5, 5.41) is 0. The van der Waals surface area contributed by atoms with Crippen LogP contribution in [0.25, 0.3) is 0 Å². The lowest BCUT2D eigenvalue weighted by molar-refractivity contribution is -0.138. The smallest absolute Gasteiger partial charge is 0.372 e. The van der Waals surface area contributed by atoms with Gasteiger partial charge < -0.3 is 34.3 Å². The van der Waals surface area contributed by atoms with Crippen molar-refractivity contribution in [3.05, 3.63) is 188 Å². The maximum absolute atomic E-state index is 14.0. The molecule has 0 N–H and O–H groups in total. The van der Waals surface area contributed by atoms with Gasteiger partial charge in [0.25, 0.3) is 6.43 Å². The van der Waals surface area contributed by atoms with Crippen LogP contribution in [-0.4, -0.2) is 182 Å². The molecule has 139 heavy (non-hydrogen) atoms. The first kappa shape index (κ1) is 123. The minimum absolute atomic E-state index is 0.00560. The van der Waals surface area contributed by atoms with Gasteiger partial charge >= 0.3 is 12.1 Å². The second-order valence-corrected chi connectivity index (χ2v) is 53.2. The molecule has 0 spiro atoms.